The summed E-state index contributed by atoms with van der Waals surface area (Å²) in [6.45, 7) is 8.29. The number of aromatic hydroxyl groups is 1. The molecular weight excluding hydrogens is 306 g/mol. The first kappa shape index (κ1) is 15.9. The molecule has 3 aliphatic heterocycles. The number of ether oxygens (including phenoxy) is 1. The molecule has 1 aromatic rings. The third kappa shape index (κ3) is 2.68. The Morgan fingerprint density at radius 1 is 1.33 bits per heavy atom. The quantitative estimate of drug-likeness (QED) is 0.856. The molecule has 0 aliphatic carbocycles. The minimum Gasteiger partial charge on any atom is -0.508 e. The molecule has 6 nitrogen and oxygen atoms in total. The lowest BCUT2D eigenvalue weighted by molar-refractivity contribution is -0.175. The van der Waals surface area contributed by atoms with Crippen molar-refractivity contribution in [3.63, 3.8) is 0 Å². The van der Waals surface area contributed by atoms with Crippen molar-refractivity contribution in [3.8, 4) is 5.75 Å². The molecule has 0 saturated carbocycles. The van der Waals surface area contributed by atoms with Crippen molar-refractivity contribution in [2.24, 2.45) is 0 Å². The van der Waals surface area contributed by atoms with Gasteiger partial charge in [-0.3, -0.25) is 14.6 Å². The second-order valence-electron chi connectivity index (χ2n) is 7.32. The Balaban J connectivity index is 1.48. The number of hydrogen-bond acceptors (Lipinski definition) is 5. The minimum absolute atomic E-state index is 0.0444. The molecular formula is C18H25N3O3. The molecule has 130 valence electrons. The third-order valence-corrected chi connectivity index (χ3v) is 5.62. The van der Waals surface area contributed by atoms with Crippen molar-refractivity contribution in [2.45, 2.75) is 25.0 Å². The Kier molecular flexibility index (Phi) is 3.98. The average Bonchev–Trinajstić information content (AvgIpc) is 2.55. The number of phenols is 1. The van der Waals surface area contributed by atoms with Crippen molar-refractivity contribution < 1.29 is 14.6 Å². The number of morpholine rings is 1. The zero-order chi connectivity index (χ0) is 16.7. The van der Waals surface area contributed by atoms with Crippen LogP contribution in [-0.4, -0.2) is 83.2 Å². The number of benzene rings is 1. The van der Waals surface area contributed by atoms with E-state index in [-0.39, 0.29) is 11.4 Å². The number of hydrogen-bond donors (Lipinski definition) is 1. The van der Waals surface area contributed by atoms with Crippen molar-refractivity contribution in [2.75, 3.05) is 45.9 Å². The summed E-state index contributed by atoms with van der Waals surface area (Å²) in [7, 11) is 0. The van der Waals surface area contributed by atoms with E-state index in [1.807, 2.05) is 23.1 Å². The van der Waals surface area contributed by atoms with Gasteiger partial charge in [0.05, 0.1) is 24.8 Å². The molecule has 1 unspecified atom stereocenters. The average molecular weight is 331 g/mol. The molecule has 24 heavy (non-hydrogen) atoms. The number of likely N-dealkylation sites (tertiary alicyclic amines) is 1. The van der Waals surface area contributed by atoms with Crippen LogP contribution in [0.2, 0.25) is 0 Å². The van der Waals surface area contributed by atoms with E-state index < -0.39 is 0 Å². The maximum absolute atomic E-state index is 11.9. The fourth-order valence-corrected chi connectivity index (χ4v) is 4.50. The molecule has 3 heterocycles. The van der Waals surface area contributed by atoms with Gasteiger partial charge in [0.2, 0.25) is 5.91 Å². The Bertz CT molecular complexity index is 630. The Morgan fingerprint density at radius 3 is 2.88 bits per heavy atom. The topological polar surface area (TPSA) is 56.2 Å². The molecule has 6 heteroatoms. The smallest absolute Gasteiger partial charge is 0.219 e. The lowest BCUT2D eigenvalue weighted by atomic mass is 9.82. The SMILES string of the molecule is CC(=O)N1CC2COCCN2C2(CN(Cc3ccccc3O)C2)C1. The number of amides is 1. The molecule has 1 aromatic carbocycles. The lowest BCUT2D eigenvalue weighted by Gasteiger charge is -2.63. The zero-order valence-electron chi connectivity index (χ0n) is 14.1. The summed E-state index contributed by atoms with van der Waals surface area (Å²) >= 11 is 0. The fraction of sp³-hybridized carbons (Fsp3) is 0.611. The highest BCUT2D eigenvalue weighted by Gasteiger charge is 2.54. The highest BCUT2D eigenvalue weighted by molar-refractivity contribution is 5.73. The van der Waals surface area contributed by atoms with Crippen molar-refractivity contribution in [1.82, 2.24) is 14.7 Å². The highest BCUT2D eigenvalue weighted by atomic mass is 16.5. The molecule has 1 spiro atoms. The molecule has 1 atom stereocenters. The summed E-state index contributed by atoms with van der Waals surface area (Å²) in [6, 6.07) is 7.83. The standard InChI is InChI=1S/C18H25N3O3/c1-14(22)20-9-16-10-24-7-6-21(16)18(13-20)11-19(12-18)8-15-4-2-3-5-17(15)23/h2-5,16,23H,6-13H2,1H3. The highest BCUT2D eigenvalue weighted by Crippen LogP contribution is 2.37. The summed E-state index contributed by atoms with van der Waals surface area (Å²) in [6.07, 6.45) is 0. The molecule has 3 saturated heterocycles. The number of nitrogens with zero attached hydrogens (tertiary/aromatic N) is 3. The minimum atomic E-state index is 0.0444. The lowest BCUT2D eigenvalue weighted by Crippen LogP contribution is -2.80. The summed E-state index contributed by atoms with van der Waals surface area (Å²) < 4.78 is 5.64. The van der Waals surface area contributed by atoms with Crippen LogP contribution in [0.3, 0.4) is 0 Å². The monoisotopic (exact) mass is 331 g/mol. The summed E-state index contributed by atoms with van der Waals surface area (Å²) in [5, 5.41) is 9.98. The Morgan fingerprint density at radius 2 is 2.12 bits per heavy atom. The molecule has 0 bridgehead atoms. The van der Waals surface area contributed by atoms with Crippen LogP contribution >= 0.6 is 0 Å². The second-order valence-corrected chi connectivity index (χ2v) is 7.32. The van der Waals surface area contributed by atoms with Crippen LogP contribution in [0.25, 0.3) is 0 Å². The zero-order valence-corrected chi connectivity index (χ0v) is 14.1. The number of piperazine rings is 1. The van der Waals surface area contributed by atoms with E-state index in [1.54, 1.807) is 13.0 Å². The first-order chi connectivity index (χ1) is 11.6. The molecule has 3 aliphatic rings. The van der Waals surface area contributed by atoms with Crippen LogP contribution in [0.5, 0.6) is 5.75 Å². The van der Waals surface area contributed by atoms with Gasteiger partial charge in [0.1, 0.15) is 5.75 Å². The fourth-order valence-electron chi connectivity index (χ4n) is 4.50. The number of fused-ring (bicyclic) bond motifs is 2. The number of para-hydroxylation sites is 1. The van der Waals surface area contributed by atoms with Crippen molar-refractivity contribution >= 4 is 5.91 Å². The number of carbonyl (C=O) groups is 1. The normalized spacial score (nSPS) is 26.9. The van der Waals surface area contributed by atoms with Gasteiger partial charge in [0.15, 0.2) is 0 Å². The van der Waals surface area contributed by atoms with Crippen LogP contribution in [-0.2, 0) is 16.1 Å². The van der Waals surface area contributed by atoms with E-state index in [2.05, 4.69) is 9.80 Å². The molecule has 1 amide bonds. The predicted molar refractivity (Wildman–Crippen MR) is 89.7 cm³/mol. The number of phenolic OH excluding ortho intramolecular Hbond substituents is 1. The van der Waals surface area contributed by atoms with E-state index in [0.29, 0.717) is 18.4 Å². The Hall–Kier alpha value is -1.63. The first-order valence-corrected chi connectivity index (χ1v) is 8.67. The summed E-state index contributed by atoms with van der Waals surface area (Å²) in [4.78, 5) is 18.8. The maximum atomic E-state index is 11.9. The molecule has 0 aromatic heterocycles. The largest absolute Gasteiger partial charge is 0.508 e. The van der Waals surface area contributed by atoms with Crippen LogP contribution < -0.4 is 0 Å². The molecule has 3 fully saturated rings. The Labute approximate surface area is 142 Å². The first-order valence-electron chi connectivity index (χ1n) is 8.67. The van der Waals surface area contributed by atoms with Gasteiger partial charge in [0, 0.05) is 51.8 Å². The van der Waals surface area contributed by atoms with Crippen molar-refractivity contribution in [3.05, 3.63) is 29.8 Å². The maximum Gasteiger partial charge on any atom is 0.219 e. The van der Waals surface area contributed by atoms with Gasteiger partial charge in [0.25, 0.3) is 0 Å². The van der Waals surface area contributed by atoms with Gasteiger partial charge in [-0.1, -0.05) is 18.2 Å². The third-order valence-electron chi connectivity index (χ3n) is 5.62. The number of carbonyl (C=O) groups excluding carboxylic acids is 1. The van der Waals surface area contributed by atoms with Gasteiger partial charge >= 0.3 is 0 Å². The van der Waals surface area contributed by atoms with Gasteiger partial charge in [-0.25, -0.2) is 0 Å². The second kappa shape index (κ2) is 6.02. The number of rotatable bonds is 2. The van der Waals surface area contributed by atoms with Gasteiger partial charge < -0.3 is 14.7 Å². The van der Waals surface area contributed by atoms with Crippen LogP contribution in [0.15, 0.2) is 24.3 Å². The van der Waals surface area contributed by atoms with E-state index in [4.69, 9.17) is 4.74 Å². The van der Waals surface area contributed by atoms with E-state index in [9.17, 15) is 9.90 Å². The van der Waals surface area contributed by atoms with Gasteiger partial charge in [-0.05, 0) is 6.07 Å². The van der Waals surface area contributed by atoms with E-state index >= 15 is 0 Å². The van der Waals surface area contributed by atoms with Gasteiger partial charge in [-0.2, -0.15) is 0 Å². The van der Waals surface area contributed by atoms with Crippen molar-refractivity contribution in [1.29, 1.82) is 0 Å². The van der Waals surface area contributed by atoms with E-state index in [1.165, 1.54) is 0 Å². The summed E-state index contributed by atoms with van der Waals surface area (Å²) in [5.41, 5.74) is 1.01. The van der Waals surface area contributed by atoms with Gasteiger partial charge in [-0.15, -0.1) is 0 Å². The van der Waals surface area contributed by atoms with E-state index in [0.717, 1.165) is 51.4 Å². The predicted octanol–water partition coefficient (Wildman–Crippen LogP) is 0.510. The molecule has 4 rings (SSSR count). The molecule has 1 N–H and O–H groups in total. The van der Waals surface area contributed by atoms with Crippen LogP contribution in [0, 0.1) is 0 Å². The summed E-state index contributed by atoms with van der Waals surface area (Å²) in [5.74, 6) is 0.510. The van der Waals surface area contributed by atoms with Crippen LogP contribution in [0.4, 0.5) is 0 Å². The van der Waals surface area contributed by atoms with Crippen LogP contribution in [0.1, 0.15) is 12.5 Å². The molecule has 0 radical (unpaired) electrons.